The van der Waals surface area contributed by atoms with Gasteiger partial charge in [-0.05, 0) is 39.2 Å². The third-order valence-corrected chi connectivity index (χ3v) is 11.2. The Labute approximate surface area is 187 Å². The summed E-state index contributed by atoms with van der Waals surface area (Å²) < 4.78 is 24.8. The first kappa shape index (κ1) is 27.5. The van der Waals surface area contributed by atoms with Crippen molar-refractivity contribution in [1.82, 2.24) is 4.90 Å². The lowest BCUT2D eigenvalue weighted by Gasteiger charge is -2.31. The average Bonchev–Trinajstić information content (AvgIpc) is 2.54. The fraction of sp³-hybridized carbons (Fsp3) is 0.952. The lowest BCUT2D eigenvalue weighted by Crippen LogP contribution is -2.39. The summed E-state index contributed by atoms with van der Waals surface area (Å²) in [7, 11) is 0. The van der Waals surface area contributed by atoms with E-state index in [2.05, 4.69) is 25.7 Å². The Balaban J connectivity index is 2.47. The number of rotatable bonds is 10. The largest absolute Gasteiger partial charge is 0.379 e. The zero-order valence-electron chi connectivity index (χ0n) is 19.7. The lowest BCUT2D eigenvalue weighted by molar-refractivity contribution is -0.118. The topological polar surface area (TPSA) is 55.8 Å². The van der Waals surface area contributed by atoms with Gasteiger partial charge in [0.2, 0.25) is 0 Å². The van der Waals surface area contributed by atoms with Gasteiger partial charge < -0.3 is 9.26 Å². The average molecular weight is 468 g/mol. The van der Waals surface area contributed by atoms with Gasteiger partial charge in [-0.3, -0.25) is 14.3 Å². The molecular formula is C21H42NO4PS2. The molecule has 0 spiro atoms. The first-order valence-corrected chi connectivity index (χ1v) is 14.9. The van der Waals surface area contributed by atoms with Crippen molar-refractivity contribution in [2.24, 2.45) is 10.8 Å². The predicted octanol–water partition coefficient (Wildman–Crippen LogP) is 5.78. The van der Waals surface area contributed by atoms with Gasteiger partial charge in [0, 0.05) is 36.2 Å². The van der Waals surface area contributed by atoms with Crippen LogP contribution in [0.4, 0.5) is 0 Å². The molecule has 1 aliphatic heterocycles. The van der Waals surface area contributed by atoms with E-state index in [1.165, 1.54) is 23.1 Å². The number of morpholine rings is 1. The van der Waals surface area contributed by atoms with Gasteiger partial charge in [0.05, 0.1) is 18.8 Å². The normalized spacial score (nSPS) is 19.2. The van der Waals surface area contributed by atoms with Crippen molar-refractivity contribution in [2.45, 2.75) is 67.4 Å². The number of carbonyl (C=O) groups excluding carboxylic acids is 1. The highest BCUT2D eigenvalue weighted by atomic mass is 32.7. The summed E-state index contributed by atoms with van der Waals surface area (Å²) >= 11 is 2.77. The van der Waals surface area contributed by atoms with Crippen molar-refractivity contribution in [3.8, 4) is 0 Å². The Bertz CT molecular complexity index is 544. The smallest absolute Gasteiger partial charge is 0.258 e. The zero-order chi connectivity index (χ0) is 22.3. The van der Waals surface area contributed by atoms with Crippen molar-refractivity contribution >= 4 is 34.8 Å². The van der Waals surface area contributed by atoms with Crippen LogP contribution < -0.4 is 0 Å². The van der Waals surface area contributed by atoms with Gasteiger partial charge in [-0.15, -0.1) is 0 Å². The van der Waals surface area contributed by atoms with Crippen LogP contribution in [0.5, 0.6) is 0 Å². The van der Waals surface area contributed by atoms with Crippen LogP contribution in [0.25, 0.3) is 0 Å². The van der Waals surface area contributed by atoms with E-state index in [-0.39, 0.29) is 15.9 Å². The number of ether oxygens (including phenoxy) is 1. The summed E-state index contributed by atoms with van der Waals surface area (Å²) in [6.45, 7) is 17.7. The molecule has 0 N–H and O–H groups in total. The van der Waals surface area contributed by atoms with Gasteiger partial charge in [-0.1, -0.05) is 57.8 Å². The molecule has 29 heavy (non-hydrogen) atoms. The minimum absolute atomic E-state index is 0.0712. The SMILES string of the molecule is CC(C)(C)CP(=O)(OC(C)(C)C)SCCSC(=O)C(C)(C)CCN1CCOCC1. The molecule has 0 bridgehead atoms. The number of nitrogens with zero attached hydrogens (tertiary/aromatic N) is 1. The van der Waals surface area contributed by atoms with Crippen LogP contribution in [0.3, 0.4) is 0 Å². The van der Waals surface area contributed by atoms with E-state index in [9.17, 15) is 9.36 Å². The van der Waals surface area contributed by atoms with E-state index in [0.29, 0.717) is 17.7 Å². The van der Waals surface area contributed by atoms with Gasteiger partial charge >= 0.3 is 0 Å². The molecule has 1 aliphatic rings. The Morgan fingerprint density at radius 1 is 1.03 bits per heavy atom. The molecule has 1 rings (SSSR count). The quantitative estimate of drug-likeness (QED) is 0.298. The molecule has 8 heteroatoms. The van der Waals surface area contributed by atoms with Crippen molar-refractivity contribution in [3.63, 3.8) is 0 Å². The van der Waals surface area contributed by atoms with E-state index in [4.69, 9.17) is 9.26 Å². The van der Waals surface area contributed by atoms with Gasteiger partial charge in [-0.25, -0.2) is 0 Å². The molecule has 0 aromatic rings. The molecule has 1 unspecified atom stereocenters. The second-order valence-corrected chi connectivity index (χ2v) is 16.5. The van der Waals surface area contributed by atoms with Crippen LogP contribution in [-0.4, -0.2) is 66.1 Å². The van der Waals surface area contributed by atoms with E-state index >= 15 is 0 Å². The van der Waals surface area contributed by atoms with E-state index in [0.717, 1.165) is 39.3 Å². The molecule has 172 valence electrons. The minimum Gasteiger partial charge on any atom is -0.379 e. The maximum absolute atomic E-state index is 13.4. The highest BCUT2D eigenvalue weighted by molar-refractivity contribution is 8.56. The summed E-state index contributed by atoms with van der Waals surface area (Å²) in [5, 5.41) is 0.216. The second-order valence-electron chi connectivity index (χ2n) is 10.6. The number of hydrogen-bond donors (Lipinski definition) is 0. The van der Waals surface area contributed by atoms with Crippen LogP contribution in [0.2, 0.25) is 0 Å². The molecule has 0 aromatic carbocycles. The molecule has 5 nitrogen and oxygen atoms in total. The van der Waals surface area contributed by atoms with E-state index in [1.54, 1.807) is 0 Å². The molecule has 1 saturated heterocycles. The first-order valence-electron chi connectivity index (χ1n) is 10.5. The summed E-state index contributed by atoms with van der Waals surface area (Å²) in [5.41, 5.74) is -0.874. The molecule has 0 aliphatic carbocycles. The van der Waals surface area contributed by atoms with Crippen LogP contribution in [0.15, 0.2) is 0 Å². The van der Waals surface area contributed by atoms with Crippen molar-refractivity contribution in [3.05, 3.63) is 0 Å². The fourth-order valence-electron chi connectivity index (χ4n) is 2.97. The second kappa shape index (κ2) is 11.4. The molecule has 1 fully saturated rings. The van der Waals surface area contributed by atoms with Gasteiger partial charge in [0.15, 0.2) is 5.12 Å². The molecular weight excluding hydrogens is 425 g/mol. The predicted molar refractivity (Wildman–Crippen MR) is 128 cm³/mol. The Kier molecular flexibility index (Phi) is 10.8. The van der Waals surface area contributed by atoms with Crippen LogP contribution in [0.1, 0.15) is 61.8 Å². The maximum atomic E-state index is 13.4. The highest BCUT2D eigenvalue weighted by Crippen LogP contribution is 2.64. The van der Waals surface area contributed by atoms with Crippen molar-refractivity contribution in [2.75, 3.05) is 50.5 Å². The van der Waals surface area contributed by atoms with Crippen LogP contribution in [0, 0.1) is 10.8 Å². The minimum atomic E-state index is -2.82. The van der Waals surface area contributed by atoms with Crippen molar-refractivity contribution in [1.29, 1.82) is 0 Å². The van der Waals surface area contributed by atoms with E-state index in [1.807, 2.05) is 34.6 Å². The molecule has 0 radical (unpaired) electrons. The Hall–Kier alpha value is 0.480. The van der Waals surface area contributed by atoms with E-state index < -0.39 is 12.2 Å². The molecule has 0 aromatic heterocycles. The number of carbonyl (C=O) groups is 1. The summed E-state index contributed by atoms with van der Waals surface area (Å²) in [6.07, 6.45) is 1.38. The van der Waals surface area contributed by atoms with Crippen LogP contribution in [-0.2, 0) is 18.6 Å². The molecule has 0 saturated carbocycles. The maximum Gasteiger partial charge on any atom is 0.258 e. The lowest BCUT2D eigenvalue weighted by atomic mass is 9.91. The van der Waals surface area contributed by atoms with Gasteiger partial charge in [0.25, 0.3) is 6.57 Å². The van der Waals surface area contributed by atoms with Crippen LogP contribution >= 0.6 is 29.7 Å². The summed E-state index contributed by atoms with van der Waals surface area (Å²) in [5.74, 6) is 1.31. The first-order chi connectivity index (χ1) is 13.1. The number of thioether (sulfide) groups is 1. The molecule has 0 amide bonds. The number of hydrogen-bond acceptors (Lipinski definition) is 7. The standard InChI is InChI=1S/C21H42NO4PS2/c1-19(2,3)17-27(24,26-20(4,5)6)29-16-15-28-18(23)21(7,8)9-10-22-11-13-25-14-12-22/h9-17H2,1-8H3. The van der Waals surface area contributed by atoms with Gasteiger partial charge in [-0.2, -0.15) is 0 Å². The Morgan fingerprint density at radius 3 is 2.14 bits per heavy atom. The van der Waals surface area contributed by atoms with Crippen molar-refractivity contribution < 1.29 is 18.6 Å². The molecule has 1 atom stereocenters. The summed E-state index contributed by atoms with van der Waals surface area (Å²) in [6, 6.07) is 0. The highest BCUT2D eigenvalue weighted by Gasteiger charge is 2.35. The monoisotopic (exact) mass is 467 g/mol. The third kappa shape index (κ3) is 12.2. The Morgan fingerprint density at radius 2 is 1.62 bits per heavy atom. The zero-order valence-corrected chi connectivity index (χ0v) is 22.2. The summed E-state index contributed by atoms with van der Waals surface area (Å²) in [4.78, 5) is 15.1. The third-order valence-electron chi connectivity index (χ3n) is 4.39. The fourth-order valence-corrected chi connectivity index (χ4v) is 10.5. The molecule has 1 heterocycles. The van der Waals surface area contributed by atoms with Gasteiger partial charge in [0.1, 0.15) is 0 Å².